The number of carbonyl (C=O) groups excluding carboxylic acids is 1. The first-order valence-electron chi connectivity index (χ1n) is 14.5. The number of carbonyl (C=O) groups is 1. The number of fused-ring (bicyclic) bond motifs is 2. The van der Waals surface area contributed by atoms with Crippen LogP contribution in [0.1, 0.15) is 36.6 Å². The molecule has 0 saturated heterocycles. The molecule has 6 rings (SSSR count). The number of thiazole rings is 1. The Balaban J connectivity index is 1.49. The van der Waals surface area contributed by atoms with Crippen molar-refractivity contribution in [3.8, 4) is 17.2 Å². The van der Waals surface area contributed by atoms with E-state index in [2.05, 4.69) is 0 Å². The van der Waals surface area contributed by atoms with Crippen LogP contribution in [-0.2, 0) is 16.1 Å². The second-order valence-electron chi connectivity index (χ2n) is 10.4. The van der Waals surface area contributed by atoms with Crippen molar-refractivity contribution in [2.24, 2.45) is 4.99 Å². The molecule has 0 saturated carbocycles. The van der Waals surface area contributed by atoms with Gasteiger partial charge in [-0.1, -0.05) is 78.1 Å². The first kappa shape index (κ1) is 29.9. The number of benzene rings is 4. The molecule has 0 amide bonds. The Morgan fingerprint density at radius 2 is 1.67 bits per heavy atom. The minimum Gasteiger partial charge on any atom is -0.496 e. The molecule has 0 fully saturated rings. The normalized spacial score (nSPS) is 14.6. The van der Waals surface area contributed by atoms with Gasteiger partial charge in [-0.3, -0.25) is 9.36 Å². The van der Waals surface area contributed by atoms with E-state index in [4.69, 9.17) is 23.9 Å². The van der Waals surface area contributed by atoms with Gasteiger partial charge in [-0.2, -0.15) is 0 Å². The highest BCUT2D eigenvalue weighted by Crippen LogP contribution is 2.40. The molecule has 1 aliphatic rings. The molecule has 228 valence electrons. The Morgan fingerprint density at radius 1 is 0.933 bits per heavy atom. The van der Waals surface area contributed by atoms with Crippen LogP contribution in [0.15, 0.2) is 106 Å². The van der Waals surface area contributed by atoms with Crippen molar-refractivity contribution >= 4 is 34.2 Å². The zero-order valence-corrected chi connectivity index (χ0v) is 26.2. The molecule has 9 heteroatoms. The molecule has 0 radical (unpaired) electrons. The van der Waals surface area contributed by atoms with Crippen LogP contribution in [-0.4, -0.2) is 31.4 Å². The molecule has 45 heavy (non-hydrogen) atoms. The standard InChI is InChI=1S/C36H32N2O6S/c1-5-43-35(40)31-22(2)37-36-38(33(31)32-26-14-10-9-13-25(26)16-18-28(32)41-3)34(39)30(45-36)20-24-15-17-27(29(19-24)42-4)44-21-23-11-7-6-8-12-23/h6-20,33H,5,21H2,1-4H3/b30-20+/t33-/m1/s1. The van der Waals surface area contributed by atoms with Gasteiger partial charge in [0.15, 0.2) is 16.3 Å². The van der Waals surface area contributed by atoms with Crippen LogP contribution in [0.2, 0.25) is 0 Å². The summed E-state index contributed by atoms with van der Waals surface area (Å²) in [7, 11) is 3.16. The summed E-state index contributed by atoms with van der Waals surface area (Å²) in [4.78, 5) is 32.9. The molecule has 1 aliphatic heterocycles. The van der Waals surface area contributed by atoms with Crippen molar-refractivity contribution in [2.45, 2.75) is 26.5 Å². The van der Waals surface area contributed by atoms with Crippen LogP contribution in [0.3, 0.4) is 0 Å². The molecular weight excluding hydrogens is 588 g/mol. The average molecular weight is 621 g/mol. The van der Waals surface area contributed by atoms with Crippen LogP contribution in [0, 0.1) is 0 Å². The zero-order chi connectivity index (χ0) is 31.5. The molecule has 0 aliphatic carbocycles. The molecule has 8 nitrogen and oxygen atoms in total. The molecule has 1 atom stereocenters. The van der Waals surface area contributed by atoms with Crippen molar-refractivity contribution < 1.29 is 23.7 Å². The minimum absolute atomic E-state index is 0.187. The Morgan fingerprint density at radius 3 is 2.42 bits per heavy atom. The van der Waals surface area contributed by atoms with Crippen LogP contribution >= 0.6 is 11.3 Å². The molecule has 0 N–H and O–H groups in total. The van der Waals surface area contributed by atoms with Gasteiger partial charge in [0.25, 0.3) is 5.56 Å². The zero-order valence-electron chi connectivity index (χ0n) is 25.4. The SMILES string of the molecule is CCOC(=O)C1=C(C)N=c2s/c(=C/c3ccc(OCc4ccccc4)c(OC)c3)c(=O)n2[C@H]1c1c(OC)ccc2ccccc12. The Hall–Kier alpha value is -5.15. The lowest BCUT2D eigenvalue weighted by atomic mass is 9.90. The maximum atomic E-state index is 14.3. The van der Waals surface area contributed by atoms with E-state index in [0.717, 1.165) is 21.9 Å². The summed E-state index contributed by atoms with van der Waals surface area (Å²) in [6.45, 7) is 4.11. The number of rotatable bonds is 9. The predicted molar refractivity (Wildman–Crippen MR) is 175 cm³/mol. The quantitative estimate of drug-likeness (QED) is 0.201. The van der Waals surface area contributed by atoms with Gasteiger partial charge in [0.05, 0.1) is 36.6 Å². The first-order chi connectivity index (χ1) is 21.9. The van der Waals surface area contributed by atoms with Crippen molar-refractivity contribution in [1.29, 1.82) is 0 Å². The molecule has 5 aromatic rings. The molecule has 1 aromatic heterocycles. The third-order valence-electron chi connectivity index (χ3n) is 7.66. The van der Waals surface area contributed by atoms with E-state index in [9.17, 15) is 9.59 Å². The highest BCUT2D eigenvalue weighted by atomic mass is 32.1. The van der Waals surface area contributed by atoms with Gasteiger partial charge in [-0.05, 0) is 60.0 Å². The fourth-order valence-electron chi connectivity index (χ4n) is 5.58. The number of nitrogens with zero attached hydrogens (tertiary/aromatic N) is 2. The van der Waals surface area contributed by atoms with Gasteiger partial charge in [-0.15, -0.1) is 0 Å². The summed E-state index contributed by atoms with van der Waals surface area (Å²) in [6.07, 6.45) is 1.80. The summed E-state index contributed by atoms with van der Waals surface area (Å²) in [5, 5.41) is 1.82. The van der Waals surface area contributed by atoms with Crippen LogP contribution in [0.5, 0.6) is 17.2 Å². The lowest BCUT2D eigenvalue weighted by Gasteiger charge is -2.27. The number of hydrogen-bond donors (Lipinski definition) is 0. The third-order valence-corrected chi connectivity index (χ3v) is 8.65. The number of hydrogen-bond acceptors (Lipinski definition) is 8. The smallest absolute Gasteiger partial charge is 0.338 e. The second kappa shape index (κ2) is 12.8. The van der Waals surface area contributed by atoms with E-state index < -0.39 is 12.0 Å². The minimum atomic E-state index is -0.813. The van der Waals surface area contributed by atoms with E-state index in [1.54, 1.807) is 38.7 Å². The Bertz CT molecular complexity index is 2110. The largest absolute Gasteiger partial charge is 0.496 e. The number of esters is 1. The van der Waals surface area contributed by atoms with E-state index in [0.29, 0.717) is 50.0 Å². The monoisotopic (exact) mass is 620 g/mol. The summed E-state index contributed by atoms with van der Waals surface area (Å²) >= 11 is 1.26. The maximum Gasteiger partial charge on any atom is 0.338 e. The number of aromatic nitrogens is 1. The topological polar surface area (TPSA) is 88.4 Å². The van der Waals surface area contributed by atoms with E-state index in [1.165, 1.54) is 11.3 Å². The number of ether oxygens (including phenoxy) is 4. The number of methoxy groups -OCH3 is 2. The van der Waals surface area contributed by atoms with E-state index >= 15 is 0 Å². The summed E-state index contributed by atoms with van der Waals surface area (Å²) < 4.78 is 25.0. The molecule has 0 bridgehead atoms. The molecule has 0 spiro atoms. The van der Waals surface area contributed by atoms with Crippen LogP contribution in [0.4, 0.5) is 0 Å². The van der Waals surface area contributed by atoms with Crippen LogP contribution in [0.25, 0.3) is 16.8 Å². The third kappa shape index (κ3) is 5.74. The second-order valence-corrected chi connectivity index (χ2v) is 11.4. The molecule has 4 aromatic carbocycles. The highest BCUT2D eigenvalue weighted by Gasteiger charge is 2.36. The number of allylic oxidation sites excluding steroid dienone is 1. The molecule has 2 heterocycles. The molecular formula is C36H32N2O6S. The van der Waals surface area contributed by atoms with Gasteiger partial charge in [0.1, 0.15) is 18.4 Å². The summed E-state index contributed by atoms with van der Waals surface area (Å²) in [5.41, 5.74) is 3.00. The van der Waals surface area contributed by atoms with Gasteiger partial charge >= 0.3 is 5.97 Å². The van der Waals surface area contributed by atoms with Crippen molar-refractivity contribution in [3.63, 3.8) is 0 Å². The fourth-order valence-corrected chi connectivity index (χ4v) is 6.63. The lowest BCUT2D eigenvalue weighted by molar-refractivity contribution is -0.139. The highest BCUT2D eigenvalue weighted by molar-refractivity contribution is 7.07. The van der Waals surface area contributed by atoms with Crippen molar-refractivity contribution in [2.75, 3.05) is 20.8 Å². The molecule has 0 unspecified atom stereocenters. The lowest BCUT2D eigenvalue weighted by Crippen LogP contribution is -2.40. The van der Waals surface area contributed by atoms with Gasteiger partial charge < -0.3 is 18.9 Å². The van der Waals surface area contributed by atoms with Crippen molar-refractivity contribution in [1.82, 2.24) is 4.57 Å². The maximum absolute atomic E-state index is 14.3. The predicted octanol–water partition coefficient (Wildman–Crippen LogP) is 5.55. The van der Waals surface area contributed by atoms with E-state index in [1.807, 2.05) is 84.9 Å². The Kier molecular flexibility index (Phi) is 8.53. The van der Waals surface area contributed by atoms with Gasteiger partial charge in [0, 0.05) is 5.56 Å². The van der Waals surface area contributed by atoms with E-state index in [-0.39, 0.29) is 12.2 Å². The average Bonchev–Trinajstić information content (AvgIpc) is 3.36. The van der Waals surface area contributed by atoms with Crippen molar-refractivity contribution in [3.05, 3.63) is 133 Å². The fraction of sp³-hybridized carbons (Fsp3) is 0.194. The van der Waals surface area contributed by atoms with Crippen LogP contribution < -0.4 is 29.1 Å². The van der Waals surface area contributed by atoms with Gasteiger partial charge in [-0.25, -0.2) is 9.79 Å². The summed E-state index contributed by atoms with van der Waals surface area (Å²) in [6, 6.07) is 26.3. The summed E-state index contributed by atoms with van der Waals surface area (Å²) in [5.74, 6) is 1.17. The first-order valence-corrected chi connectivity index (χ1v) is 15.3. The Labute approximate surface area is 264 Å². The van der Waals surface area contributed by atoms with Gasteiger partial charge in [0.2, 0.25) is 0 Å².